The van der Waals surface area contributed by atoms with Crippen molar-refractivity contribution in [2.45, 2.75) is 33.1 Å². The summed E-state index contributed by atoms with van der Waals surface area (Å²) in [5.41, 5.74) is 5.77. The Bertz CT molecular complexity index is 263. The number of rotatable bonds is 3. The summed E-state index contributed by atoms with van der Waals surface area (Å²) in [6.45, 7) is 6.88. The van der Waals surface area contributed by atoms with Crippen molar-refractivity contribution in [2.24, 2.45) is 29.4 Å². The van der Waals surface area contributed by atoms with Crippen LogP contribution in [0, 0.1) is 23.7 Å². The Morgan fingerprint density at radius 3 is 2.69 bits per heavy atom. The molecule has 1 saturated carbocycles. The first-order valence-corrected chi connectivity index (χ1v) is 6.62. The van der Waals surface area contributed by atoms with Crippen molar-refractivity contribution >= 4 is 5.91 Å². The fourth-order valence-electron chi connectivity index (χ4n) is 2.74. The van der Waals surface area contributed by atoms with Gasteiger partial charge in [0.05, 0.1) is 0 Å². The van der Waals surface area contributed by atoms with Crippen molar-refractivity contribution in [3.8, 4) is 0 Å². The van der Waals surface area contributed by atoms with E-state index in [1.54, 1.807) is 0 Å². The molecule has 0 aromatic heterocycles. The molecule has 1 heterocycles. The van der Waals surface area contributed by atoms with Crippen LogP contribution in [0.4, 0.5) is 0 Å². The minimum Gasteiger partial charge on any atom is -0.342 e. The van der Waals surface area contributed by atoms with Crippen LogP contribution in [0.2, 0.25) is 0 Å². The van der Waals surface area contributed by atoms with Crippen molar-refractivity contribution in [2.75, 3.05) is 19.6 Å². The second kappa shape index (κ2) is 4.74. The zero-order valence-corrected chi connectivity index (χ0v) is 10.5. The molecule has 16 heavy (non-hydrogen) atoms. The average Bonchev–Trinajstić information content (AvgIpc) is 3.11. The largest absolute Gasteiger partial charge is 0.342 e. The Labute approximate surface area is 98.4 Å². The molecule has 1 aliphatic heterocycles. The highest BCUT2D eigenvalue weighted by Gasteiger charge is 2.37. The third-order valence-electron chi connectivity index (χ3n) is 4.45. The van der Waals surface area contributed by atoms with Gasteiger partial charge in [0.25, 0.3) is 0 Å². The standard InChI is InChI=1S/C13H24N2O/c1-9-5-6-15(8-12(9)7-14)13(16)10(2)11-3-4-11/h9-12H,3-8,14H2,1-2H3. The van der Waals surface area contributed by atoms with Crippen LogP contribution in [0.15, 0.2) is 0 Å². The third-order valence-corrected chi connectivity index (χ3v) is 4.45. The molecule has 3 unspecified atom stereocenters. The fraction of sp³-hybridized carbons (Fsp3) is 0.923. The molecule has 1 aliphatic carbocycles. The average molecular weight is 224 g/mol. The Balaban J connectivity index is 1.91. The number of likely N-dealkylation sites (tertiary alicyclic amines) is 1. The van der Waals surface area contributed by atoms with E-state index < -0.39 is 0 Å². The highest BCUT2D eigenvalue weighted by atomic mass is 16.2. The SMILES string of the molecule is CC1CCN(C(=O)C(C)C2CC2)CC1CN. The lowest BCUT2D eigenvalue weighted by Crippen LogP contribution is -2.47. The van der Waals surface area contributed by atoms with Gasteiger partial charge < -0.3 is 10.6 Å². The van der Waals surface area contributed by atoms with Gasteiger partial charge in [-0.1, -0.05) is 13.8 Å². The molecule has 2 N–H and O–H groups in total. The van der Waals surface area contributed by atoms with Gasteiger partial charge >= 0.3 is 0 Å². The maximum atomic E-state index is 12.2. The number of piperidine rings is 1. The van der Waals surface area contributed by atoms with Gasteiger partial charge in [-0.15, -0.1) is 0 Å². The van der Waals surface area contributed by atoms with Gasteiger partial charge in [-0.3, -0.25) is 4.79 Å². The van der Waals surface area contributed by atoms with Gasteiger partial charge in [-0.05, 0) is 43.6 Å². The topological polar surface area (TPSA) is 46.3 Å². The number of amides is 1. The molecule has 0 radical (unpaired) electrons. The molecule has 92 valence electrons. The van der Waals surface area contributed by atoms with Crippen LogP contribution in [0.1, 0.15) is 33.1 Å². The van der Waals surface area contributed by atoms with Crippen molar-refractivity contribution < 1.29 is 4.79 Å². The zero-order chi connectivity index (χ0) is 11.7. The summed E-state index contributed by atoms with van der Waals surface area (Å²) < 4.78 is 0. The predicted octanol–water partition coefficient (Wildman–Crippen LogP) is 1.48. The zero-order valence-electron chi connectivity index (χ0n) is 10.5. The maximum absolute atomic E-state index is 12.2. The maximum Gasteiger partial charge on any atom is 0.225 e. The van der Waals surface area contributed by atoms with Gasteiger partial charge in [-0.25, -0.2) is 0 Å². The summed E-state index contributed by atoms with van der Waals surface area (Å²) >= 11 is 0. The number of carbonyl (C=O) groups is 1. The van der Waals surface area contributed by atoms with Crippen LogP contribution >= 0.6 is 0 Å². The molecule has 3 atom stereocenters. The minimum absolute atomic E-state index is 0.242. The first kappa shape index (κ1) is 11.9. The molecule has 0 aromatic carbocycles. The van der Waals surface area contributed by atoms with Crippen LogP contribution in [-0.4, -0.2) is 30.4 Å². The van der Waals surface area contributed by atoms with Crippen LogP contribution < -0.4 is 5.73 Å². The van der Waals surface area contributed by atoms with Gasteiger partial charge in [0, 0.05) is 19.0 Å². The third kappa shape index (κ3) is 2.40. The lowest BCUT2D eigenvalue weighted by atomic mass is 9.86. The Morgan fingerprint density at radius 1 is 1.44 bits per heavy atom. The molecule has 0 spiro atoms. The highest BCUT2D eigenvalue weighted by Crippen LogP contribution is 2.38. The van der Waals surface area contributed by atoms with Gasteiger partial charge in [-0.2, -0.15) is 0 Å². The molecule has 2 fully saturated rings. The monoisotopic (exact) mass is 224 g/mol. The summed E-state index contributed by atoms with van der Waals surface area (Å²) in [4.78, 5) is 14.3. The van der Waals surface area contributed by atoms with Crippen LogP contribution in [0.3, 0.4) is 0 Å². The molecule has 2 aliphatic rings. The van der Waals surface area contributed by atoms with E-state index in [2.05, 4.69) is 18.7 Å². The second-order valence-electron chi connectivity index (χ2n) is 5.67. The normalized spacial score (nSPS) is 32.6. The van der Waals surface area contributed by atoms with E-state index in [9.17, 15) is 4.79 Å². The summed E-state index contributed by atoms with van der Waals surface area (Å²) in [5, 5.41) is 0. The van der Waals surface area contributed by atoms with Crippen molar-refractivity contribution in [3.05, 3.63) is 0 Å². The van der Waals surface area contributed by atoms with E-state index in [-0.39, 0.29) is 5.92 Å². The van der Waals surface area contributed by atoms with E-state index >= 15 is 0 Å². The summed E-state index contributed by atoms with van der Waals surface area (Å²) in [6, 6.07) is 0. The number of nitrogens with zero attached hydrogens (tertiary/aromatic N) is 1. The van der Waals surface area contributed by atoms with E-state index in [4.69, 9.17) is 5.73 Å². The molecular weight excluding hydrogens is 200 g/mol. The number of hydrogen-bond donors (Lipinski definition) is 1. The second-order valence-corrected chi connectivity index (χ2v) is 5.67. The molecule has 1 amide bonds. The number of hydrogen-bond acceptors (Lipinski definition) is 2. The predicted molar refractivity (Wildman–Crippen MR) is 64.8 cm³/mol. The van der Waals surface area contributed by atoms with E-state index in [1.807, 2.05) is 0 Å². The number of carbonyl (C=O) groups excluding carboxylic acids is 1. The molecule has 3 heteroatoms. The quantitative estimate of drug-likeness (QED) is 0.789. The van der Waals surface area contributed by atoms with Gasteiger partial charge in [0.2, 0.25) is 5.91 Å². The summed E-state index contributed by atoms with van der Waals surface area (Å²) in [6.07, 6.45) is 3.61. The lowest BCUT2D eigenvalue weighted by Gasteiger charge is -2.37. The Morgan fingerprint density at radius 2 is 2.12 bits per heavy atom. The molecule has 1 saturated heterocycles. The van der Waals surface area contributed by atoms with Crippen LogP contribution in [-0.2, 0) is 4.79 Å². The van der Waals surface area contributed by atoms with Crippen molar-refractivity contribution in [1.29, 1.82) is 0 Å². The van der Waals surface area contributed by atoms with Crippen LogP contribution in [0.25, 0.3) is 0 Å². The van der Waals surface area contributed by atoms with Gasteiger partial charge in [0.15, 0.2) is 0 Å². The first-order valence-electron chi connectivity index (χ1n) is 6.62. The Kier molecular flexibility index (Phi) is 3.53. The first-order chi connectivity index (χ1) is 7.63. The molecule has 2 rings (SSSR count). The van der Waals surface area contributed by atoms with E-state index in [0.717, 1.165) is 19.5 Å². The highest BCUT2D eigenvalue weighted by molar-refractivity contribution is 5.79. The minimum atomic E-state index is 0.242. The number of nitrogens with two attached hydrogens (primary N) is 1. The van der Waals surface area contributed by atoms with Gasteiger partial charge in [0.1, 0.15) is 0 Å². The van der Waals surface area contributed by atoms with Crippen LogP contribution in [0.5, 0.6) is 0 Å². The van der Waals surface area contributed by atoms with Crippen molar-refractivity contribution in [1.82, 2.24) is 4.90 Å². The molecular formula is C13H24N2O. The van der Waals surface area contributed by atoms with Crippen molar-refractivity contribution in [3.63, 3.8) is 0 Å². The van der Waals surface area contributed by atoms with E-state index in [0.29, 0.717) is 30.2 Å². The summed E-state index contributed by atoms with van der Waals surface area (Å²) in [7, 11) is 0. The molecule has 3 nitrogen and oxygen atoms in total. The van der Waals surface area contributed by atoms with E-state index in [1.165, 1.54) is 12.8 Å². The molecule has 0 aromatic rings. The lowest BCUT2D eigenvalue weighted by molar-refractivity contribution is -0.138. The smallest absolute Gasteiger partial charge is 0.225 e. The molecule has 0 bridgehead atoms. The fourth-order valence-corrected chi connectivity index (χ4v) is 2.74. The Hall–Kier alpha value is -0.570. The summed E-state index contributed by atoms with van der Waals surface area (Å²) in [5.74, 6) is 2.46.